The van der Waals surface area contributed by atoms with Crippen LogP contribution in [-0.2, 0) is 0 Å². The van der Waals surface area contributed by atoms with Crippen LogP contribution in [-0.4, -0.2) is 0 Å². The van der Waals surface area contributed by atoms with Crippen LogP contribution in [0.4, 0.5) is 17.1 Å². The quantitative estimate of drug-likeness (QED) is 0.173. The van der Waals surface area contributed by atoms with Crippen molar-refractivity contribution in [2.45, 2.75) is 0 Å². The summed E-state index contributed by atoms with van der Waals surface area (Å²) in [4.78, 5) is 2.33. The summed E-state index contributed by atoms with van der Waals surface area (Å²) in [5.41, 5.74) is 13.7. The van der Waals surface area contributed by atoms with Crippen molar-refractivity contribution in [3.63, 3.8) is 0 Å². The Balaban J connectivity index is 0.984. The van der Waals surface area contributed by atoms with Gasteiger partial charge in [-0.1, -0.05) is 133 Å². The SMILES string of the molecule is c1ccc(-c2cccc(N(c3ccc(-c4ccc5cc6c(cc5c4)oc4ccccc46)cc3)c3ccc(-c4cccc5c4oc4ccccc45)cc3)c2)cc1. The van der Waals surface area contributed by atoms with Crippen molar-refractivity contribution in [1.29, 1.82) is 0 Å². The highest BCUT2D eigenvalue weighted by molar-refractivity contribution is 6.11. The van der Waals surface area contributed by atoms with Crippen LogP contribution in [0.5, 0.6) is 0 Å². The fourth-order valence-electron chi connectivity index (χ4n) is 8.12. The van der Waals surface area contributed by atoms with Crippen LogP contribution in [0, 0.1) is 0 Å². The first-order chi connectivity index (χ1) is 27.2. The molecule has 2 aromatic heterocycles. The maximum absolute atomic E-state index is 6.40. The third kappa shape index (κ3) is 5.36. The van der Waals surface area contributed by atoms with Crippen LogP contribution in [0.25, 0.3) is 88.0 Å². The Morgan fingerprint density at radius 3 is 1.65 bits per heavy atom. The second-order valence-electron chi connectivity index (χ2n) is 14.1. The zero-order valence-electron chi connectivity index (χ0n) is 29.8. The summed E-state index contributed by atoms with van der Waals surface area (Å²) >= 11 is 0. The lowest BCUT2D eigenvalue weighted by Gasteiger charge is -2.26. The van der Waals surface area contributed by atoms with E-state index in [1.807, 2.05) is 24.3 Å². The van der Waals surface area contributed by atoms with E-state index >= 15 is 0 Å². The normalized spacial score (nSPS) is 11.6. The predicted molar refractivity (Wildman–Crippen MR) is 229 cm³/mol. The zero-order chi connectivity index (χ0) is 36.3. The number of hydrogen-bond donors (Lipinski definition) is 0. The van der Waals surface area contributed by atoms with Gasteiger partial charge < -0.3 is 13.7 Å². The minimum absolute atomic E-state index is 0.904. The summed E-state index contributed by atoms with van der Waals surface area (Å²) in [6.07, 6.45) is 0. The monoisotopic (exact) mass is 703 g/mol. The van der Waals surface area contributed by atoms with E-state index in [2.05, 4.69) is 181 Å². The van der Waals surface area contributed by atoms with Crippen LogP contribution in [0.15, 0.2) is 209 Å². The first-order valence-electron chi connectivity index (χ1n) is 18.7. The van der Waals surface area contributed by atoms with Gasteiger partial charge in [-0.2, -0.15) is 0 Å². The van der Waals surface area contributed by atoms with Gasteiger partial charge >= 0.3 is 0 Å². The lowest BCUT2D eigenvalue weighted by molar-refractivity contribution is 0.669. The van der Waals surface area contributed by atoms with E-state index in [1.165, 1.54) is 16.5 Å². The molecule has 0 aliphatic rings. The Labute approximate surface area is 317 Å². The number of fused-ring (bicyclic) bond motifs is 7. The number of anilines is 3. The Bertz CT molecular complexity index is 3190. The van der Waals surface area contributed by atoms with Crippen molar-refractivity contribution in [2.24, 2.45) is 0 Å². The maximum Gasteiger partial charge on any atom is 0.143 e. The molecule has 11 rings (SSSR count). The van der Waals surface area contributed by atoms with Gasteiger partial charge in [0.1, 0.15) is 22.3 Å². The zero-order valence-corrected chi connectivity index (χ0v) is 29.8. The molecule has 0 bridgehead atoms. The highest BCUT2D eigenvalue weighted by Crippen LogP contribution is 2.41. The second-order valence-corrected chi connectivity index (χ2v) is 14.1. The third-order valence-corrected chi connectivity index (χ3v) is 10.8. The van der Waals surface area contributed by atoms with Gasteiger partial charge in [0.25, 0.3) is 0 Å². The van der Waals surface area contributed by atoms with Gasteiger partial charge in [-0.3, -0.25) is 0 Å². The highest BCUT2D eigenvalue weighted by atomic mass is 16.3. The first-order valence-corrected chi connectivity index (χ1v) is 18.7. The van der Waals surface area contributed by atoms with Gasteiger partial charge in [-0.25, -0.2) is 0 Å². The van der Waals surface area contributed by atoms with Crippen molar-refractivity contribution in [3.8, 4) is 33.4 Å². The lowest BCUT2D eigenvalue weighted by Crippen LogP contribution is -2.10. The van der Waals surface area contributed by atoms with E-state index in [4.69, 9.17) is 8.83 Å². The Kier molecular flexibility index (Phi) is 7.17. The largest absolute Gasteiger partial charge is 0.456 e. The van der Waals surface area contributed by atoms with Gasteiger partial charge in [0.2, 0.25) is 0 Å². The Morgan fingerprint density at radius 1 is 0.291 bits per heavy atom. The summed E-state index contributed by atoms with van der Waals surface area (Å²) in [6.45, 7) is 0. The molecule has 0 aliphatic carbocycles. The van der Waals surface area contributed by atoms with Gasteiger partial charge in [0.05, 0.1) is 0 Å². The maximum atomic E-state index is 6.40. The molecule has 0 fully saturated rings. The summed E-state index contributed by atoms with van der Waals surface area (Å²) in [5, 5.41) is 6.92. The Morgan fingerprint density at radius 2 is 0.873 bits per heavy atom. The lowest BCUT2D eigenvalue weighted by atomic mass is 9.99. The van der Waals surface area contributed by atoms with Gasteiger partial charge in [-0.15, -0.1) is 0 Å². The molecule has 0 saturated heterocycles. The smallest absolute Gasteiger partial charge is 0.143 e. The molecular weight excluding hydrogens is 671 g/mol. The predicted octanol–water partition coefficient (Wildman–Crippen LogP) is 15.1. The van der Waals surface area contributed by atoms with E-state index in [1.54, 1.807) is 0 Å². The first kappa shape index (κ1) is 31.2. The van der Waals surface area contributed by atoms with Crippen molar-refractivity contribution < 1.29 is 8.83 Å². The fraction of sp³-hybridized carbons (Fsp3) is 0. The van der Waals surface area contributed by atoms with Gasteiger partial charge in [-0.05, 0) is 105 Å². The molecule has 0 atom stereocenters. The van der Waals surface area contributed by atoms with E-state index < -0.39 is 0 Å². The number of furan rings is 2. The van der Waals surface area contributed by atoms with Crippen molar-refractivity contribution >= 4 is 71.7 Å². The van der Waals surface area contributed by atoms with Crippen molar-refractivity contribution in [3.05, 3.63) is 200 Å². The second kappa shape index (κ2) is 12.6. The van der Waals surface area contributed by atoms with Crippen molar-refractivity contribution in [2.75, 3.05) is 4.90 Å². The molecule has 0 amide bonds. The molecule has 0 aliphatic heterocycles. The summed E-state index contributed by atoms with van der Waals surface area (Å²) in [5.74, 6) is 0. The van der Waals surface area contributed by atoms with Gasteiger partial charge in [0.15, 0.2) is 0 Å². The van der Waals surface area contributed by atoms with Crippen LogP contribution in [0.1, 0.15) is 0 Å². The average Bonchev–Trinajstić information content (AvgIpc) is 3.82. The number of hydrogen-bond acceptors (Lipinski definition) is 3. The third-order valence-electron chi connectivity index (χ3n) is 10.8. The summed E-state index contributed by atoms with van der Waals surface area (Å²) in [6, 6.07) is 71.1. The van der Waals surface area contributed by atoms with Gasteiger partial charge in [0, 0.05) is 44.2 Å². The van der Waals surface area contributed by atoms with Crippen molar-refractivity contribution in [1.82, 2.24) is 0 Å². The standard InChI is InChI=1S/C52H33NO2/c1-2-10-34(11-3-1)37-12-8-13-43(31-37)53(42-28-24-36(25-29-42)44-16-9-17-47-45-14-4-7-19-50(45)55-52(44)47)41-26-22-35(23-27-41)38-20-21-39-32-48-46-15-5-6-18-49(46)54-51(48)33-40(39)30-38/h1-33H. The fourth-order valence-corrected chi connectivity index (χ4v) is 8.12. The summed E-state index contributed by atoms with van der Waals surface area (Å²) < 4.78 is 12.6. The molecular formula is C52H33NO2. The molecule has 11 aromatic rings. The van der Waals surface area contributed by atoms with Crippen LogP contribution in [0.3, 0.4) is 0 Å². The summed E-state index contributed by atoms with van der Waals surface area (Å²) in [7, 11) is 0. The van der Waals surface area contributed by atoms with Crippen LogP contribution < -0.4 is 4.90 Å². The molecule has 3 nitrogen and oxygen atoms in total. The van der Waals surface area contributed by atoms with E-state index in [9.17, 15) is 0 Å². The highest BCUT2D eigenvalue weighted by Gasteiger charge is 2.17. The number of nitrogens with zero attached hydrogens (tertiary/aromatic N) is 1. The topological polar surface area (TPSA) is 29.5 Å². The molecule has 0 unspecified atom stereocenters. The minimum Gasteiger partial charge on any atom is -0.456 e. The van der Waals surface area contributed by atoms with E-state index in [0.29, 0.717) is 0 Å². The number of para-hydroxylation sites is 3. The molecule has 0 spiro atoms. The van der Waals surface area contributed by atoms with Crippen LogP contribution >= 0.6 is 0 Å². The number of rotatable bonds is 6. The average molecular weight is 704 g/mol. The number of benzene rings is 9. The molecule has 0 N–H and O–H groups in total. The molecule has 0 radical (unpaired) electrons. The van der Waals surface area contributed by atoms with E-state index in [-0.39, 0.29) is 0 Å². The van der Waals surface area contributed by atoms with E-state index in [0.717, 1.165) is 88.6 Å². The Hall–Kier alpha value is -7.36. The molecule has 2 heterocycles. The minimum atomic E-state index is 0.904. The molecule has 9 aromatic carbocycles. The molecule has 0 saturated carbocycles. The molecule has 258 valence electrons. The molecule has 55 heavy (non-hydrogen) atoms. The molecule has 3 heteroatoms. The van der Waals surface area contributed by atoms with Crippen LogP contribution in [0.2, 0.25) is 0 Å².